The molecule has 0 heterocycles. The molecule has 0 unspecified atom stereocenters. The summed E-state index contributed by atoms with van der Waals surface area (Å²) in [5.74, 6) is 0. The van der Waals surface area contributed by atoms with Crippen LogP contribution < -0.4 is 9.32 Å². The SMILES string of the molecule is O.[CaH2].[O-][Cl+2]([O-])O. The molecule has 0 aliphatic heterocycles. The van der Waals surface area contributed by atoms with Crippen molar-refractivity contribution in [2.45, 2.75) is 0 Å². The smallest absolute Gasteiger partial charge is 0.282 e. The summed E-state index contributed by atoms with van der Waals surface area (Å²) >= 11 is 0. The first-order valence-electron chi connectivity index (χ1n) is 0.478. The Labute approximate surface area is 67.5 Å². The number of hydrogen-bond donors (Lipinski definition) is 1. The van der Waals surface area contributed by atoms with Crippen molar-refractivity contribution >= 4 is 37.7 Å². The van der Waals surface area contributed by atoms with Crippen LogP contribution in [0.2, 0.25) is 0 Å². The Hall–Kier alpha value is 1.39. The molecule has 0 saturated heterocycles. The van der Waals surface area contributed by atoms with Crippen molar-refractivity contribution in [2.75, 3.05) is 0 Å². The van der Waals surface area contributed by atoms with Crippen LogP contribution >= 0.6 is 0 Å². The van der Waals surface area contributed by atoms with Gasteiger partial charge in [0, 0.05) is 4.66 Å². The Morgan fingerprint density at radius 1 is 1.33 bits per heavy atom. The fourth-order valence-corrected chi connectivity index (χ4v) is 0. The molecule has 38 valence electrons. The van der Waals surface area contributed by atoms with E-state index in [9.17, 15) is 0 Å². The zero-order valence-electron chi connectivity index (χ0n) is 2.14. The van der Waals surface area contributed by atoms with Gasteiger partial charge in [-0.15, -0.1) is 0 Å². The van der Waals surface area contributed by atoms with E-state index in [-0.39, 0.29) is 43.2 Å². The Morgan fingerprint density at radius 2 is 1.33 bits per heavy atom. The zero-order chi connectivity index (χ0) is 3.58. The summed E-state index contributed by atoms with van der Waals surface area (Å²) in [5, 5.41) is 0. The van der Waals surface area contributed by atoms with E-state index in [1.807, 2.05) is 0 Å². The normalized spacial score (nSPS) is 6.00. The number of hydrogen-bond acceptors (Lipinski definition) is 3. The van der Waals surface area contributed by atoms with Crippen molar-refractivity contribution in [3.05, 3.63) is 0 Å². The van der Waals surface area contributed by atoms with Crippen LogP contribution in [0.4, 0.5) is 0 Å². The molecule has 0 fully saturated rings. The maximum absolute atomic E-state index is 8.52. The van der Waals surface area contributed by atoms with E-state index < -0.39 is 10.8 Å². The van der Waals surface area contributed by atoms with Gasteiger partial charge in [0.2, 0.25) is 0 Å². The topological polar surface area (TPSA) is 97.9 Å². The summed E-state index contributed by atoms with van der Waals surface area (Å²) in [6.07, 6.45) is 0. The Kier molecular flexibility index (Phi) is 25.1. The van der Waals surface area contributed by atoms with Gasteiger partial charge in [-0.05, 0) is 0 Å². The largest absolute Gasteiger partial charge is 0.321 e. The van der Waals surface area contributed by atoms with Crippen molar-refractivity contribution < 1.29 is 30.2 Å². The molecule has 0 radical (unpaired) electrons. The molecule has 0 atom stereocenters. The summed E-state index contributed by atoms with van der Waals surface area (Å²) in [6, 6.07) is 0. The summed E-state index contributed by atoms with van der Waals surface area (Å²) in [5.41, 5.74) is 0. The third kappa shape index (κ3) is 53.8. The molecular weight excluding hydrogens is 140 g/mol. The molecule has 0 aromatic carbocycles. The van der Waals surface area contributed by atoms with E-state index >= 15 is 0 Å². The van der Waals surface area contributed by atoms with E-state index in [2.05, 4.69) is 0 Å². The minimum atomic E-state index is -2.60. The van der Waals surface area contributed by atoms with Gasteiger partial charge in [-0.3, -0.25) is 0 Å². The van der Waals surface area contributed by atoms with Gasteiger partial charge in [0.15, 0.2) is 0 Å². The number of rotatable bonds is 0. The predicted octanol–water partition coefficient (Wildman–Crippen LogP) is -4.68. The van der Waals surface area contributed by atoms with Crippen molar-refractivity contribution in [2.24, 2.45) is 0 Å². The molecule has 6 heavy (non-hydrogen) atoms. The van der Waals surface area contributed by atoms with E-state index in [4.69, 9.17) is 14.0 Å². The van der Waals surface area contributed by atoms with Crippen LogP contribution in [0, 0.1) is 10.8 Å². The van der Waals surface area contributed by atoms with Crippen LogP contribution in [-0.4, -0.2) is 47.9 Å². The van der Waals surface area contributed by atoms with Gasteiger partial charge in [0.25, 0.3) is 10.8 Å². The van der Waals surface area contributed by atoms with Gasteiger partial charge in [-0.25, -0.2) is 0 Å². The van der Waals surface area contributed by atoms with Crippen molar-refractivity contribution in [1.82, 2.24) is 0 Å². The Balaban J connectivity index is -0.0000000450. The van der Waals surface area contributed by atoms with Crippen molar-refractivity contribution in [1.29, 1.82) is 0 Å². The molecule has 0 aliphatic rings. The monoisotopic (exact) mass is 144 g/mol. The zero-order valence-corrected chi connectivity index (χ0v) is 2.90. The Bertz CT molecular complexity index is 12.3. The third-order valence-corrected chi connectivity index (χ3v) is 0. The van der Waals surface area contributed by atoms with E-state index in [1.165, 1.54) is 0 Å². The van der Waals surface area contributed by atoms with Gasteiger partial charge in [0.05, 0.1) is 0 Å². The van der Waals surface area contributed by atoms with Crippen LogP contribution in [0.3, 0.4) is 0 Å². The first-order valence-corrected chi connectivity index (χ1v) is 1.43. The first kappa shape index (κ1) is 15.7. The van der Waals surface area contributed by atoms with E-state index in [0.29, 0.717) is 0 Å². The first-order chi connectivity index (χ1) is 1.73. The van der Waals surface area contributed by atoms with Crippen molar-refractivity contribution in [3.8, 4) is 0 Å². The van der Waals surface area contributed by atoms with Crippen LogP contribution in [0.1, 0.15) is 0 Å². The van der Waals surface area contributed by atoms with Crippen LogP contribution in [0.25, 0.3) is 0 Å². The summed E-state index contributed by atoms with van der Waals surface area (Å²) < 4.78 is 24.0. The molecule has 0 amide bonds. The molecule has 0 aromatic heterocycles. The molecule has 0 saturated carbocycles. The fourth-order valence-electron chi connectivity index (χ4n) is 0. The predicted molar refractivity (Wildman–Crippen MR) is 14.4 cm³/mol. The molecule has 6 heteroatoms. The van der Waals surface area contributed by atoms with Gasteiger partial charge < -0.3 is 14.8 Å². The second-order valence-electron chi connectivity index (χ2n) is 0.201. The molecule has 0 rings (SSSR count). The standard InChI is InChI=1S/Ca.ClHO3.H2O.2H/c;2-1(3)4;;;/h;2H;1H2;;. The molecule has 3 N–H and O–H groups in total. The quantitative estimate of drug-likeness (QED) is 0.346. The fraction of sp³-hybridized carbons (Fsp3) is 0. The molecule has 0 aromatic rings. The van der Waals surface area contributed by atoms with E-state index in [1.54, 1.807) is 0 Å². The number of halogens is 1. The van der Waals surface area contributed by atoms with Crippen LogP contribution in [0.15, 0.2) is 0 Å². The average molecular weight is 145 g/mol. The van der Waals surface area contributed by atoms with Gasteiger partial charge in [0.1, 0.15) is 0 Å². The summed E-state index contributed by atoms with van der Waals surface area (Å²) in [7, 11) is -2.60. The van der Waals surface area contributed by atoms with Crippen molar-refractivity contribution in [3.63, 3.8) is 0 Å². The average Bonchev–Trinajstić information content (AvgIpc) is 0.811. The van der Waals surface area contributed by atoms with Crippen LogP contribution in [-0.2, 0) is 0 Å². The van der Waals surface area contributed by atoms with Gasteiger partial charge in [-0.2, -0.15) is 0 Å². The molecule has 0 bridgehead atoms. The molecular formula is H5CaClO4. The van der Waals surface area contributed by atoms with Gasteiger partial charge in [-0.1, -0.05) is 0 Å². The minimum Gasteiger partial charge on any atom is -0.321 e. The minimum absolute atomic E-state index is 0. The third-order valence-electron chi connectivity index (χ3n) is 0. The summed E-state index contributed by atoms with van der Waals surface area (Å²) in [4.78, 5) is 0. The van der Waals surface area contributed by atoms with Gasteiger partial charge >= 0.3 is 37.7 Å². The second kappa shape index (κ2) is 9.63. The molecule has 4 nitrogen and oxygen atoms in total. The van der Waals surface area contributed by atoms with E-state index in [0.717, 1.165) is 0 Å². The second-order valence-corrected chi connectivity index (χ2v) is 0.603. The Morgan fingerprint density at radius 3 is 1.33 bits per heavy atom. The maximum atomic E-state index is 8.52. The molecule has 0 spiro atoms. The van der Waals surface area contributed by atoms with Crippen LogP contribution in [0.5, 0.6) is 0 Å². The maximum Gasteiger partial charge on any atom is 0.282 e. The summed E-state index contributed by atoms with van der Waals surface area (Å²) in [6.45, 7) is 0. The molecule has 0 aliphatic carbocycles.